The summed E-state index contributed by atoms with van der Waals surface area (Å²) in [4.78, 5) is 1.41. The first-order valence-corrected chi connectivity index (χ1v) is 8.29. The third kappa shape index (κ3) is 1.91. The number of quaternary nitrogens is 1. The highest BCUT2D eigenvalue weighted by molar-refractivity contribution is 5.71. The zero-order valence-electron chi connectivity index (χ0n) is 13.9. The lowest BCUT2D eigenvalue weighted by Crippen LogP contribution is -3.06. The maximum Gasteiger partial charge on any atom is 0.166 e. The van der Waals surface area contributed by atoms with Crippen LogP contribution in [0.3, 0.4) is 0 Å². The quantitative estimate of drug-likeness (QED) is 0.808. The maximum atomic E-state index is 10.6. The molecule has 1 heterocycles. The molecule has 122 valence electrons. The first kappa shape index (κ1) is 14.8. The monoisotopic (exact) mass is 314 g/mol. The first-order valence-electron chi connectivity index (χ1n) is 8.29. The van der Waals surface area contributed by atoms with Gasteiger partial charge in [-0.05, 0) is 11.6 Å². The van der Waals surface area contributed by atoms with Crippen LogP contribution in [0.25, 0.3) is 6.08 Å². The first-order chi connectivity index (χ1) is 11.1. The summed E-state index contributed by atoms with van der Waals surface area (Å²) in [5.74, 6) is 1.84. The molecule has 1 aromatic carbocycles. The van der Waals surface area contributed by atoms with Gasteiger partial charge in [-0.25, -0.2) is 0 Å². The molecule has 1 aromatic rings. The average molecular weight is 314 g/mol. The number of hydrogen-bond donors (Lipinski definition) is 2. The molecule has 2 N–H and O–H groups in total. The summed E-state index contributed by atoms with van der Waals surface area (Å²) < 4.78 is 11.8. The van der Waals surface area contributed by atoms with Crippen molar-refractivity contribution in [1.29, 1.82) is 0 Å². The van der Waals surface area contributed by atoms with E-state index in [1.807, 2.05) is 12.1 Å². The molecule has 0 spiro atoms. The SMILES string of the molecule is COc1ccc2c3c1O[C@@H]1[C@H](O)C=C[C@H](C=C2)[C@@]31CC[NH+](C)C. The molecule has 0 aromatic heterocycles. The van der Waals surface area contributed by atoms with Gasteiger partial charge in [-0.1, -0.05) is 30.4 Å². The topological polar surface area (TPSA) is 43.1 Å². The average Bonchev–Trinajstić information content (AvgIpc) is 2.90. The van der Waals surface area contributed by atoms with Gasteiger partial charge >= 0.3 is 0 Å². The van der Waals surface area contributed by atoms with Crippen LogP contribution in [0.4, 0.5) is 0 Å². The van der Waals surface area contributed by atoms with Crippen LogP contribution in [0.5, 0.6) is 11.5 Å². The summed E-state index contributed by atoms with van der Waals surface area (Å²) in [7, 11) is 6.01. The van der Waals surface area contributed by atoms with Crippen molar-refractivity contribution in [3.63, 3.8) is 0 Å². The van der Waals surface area contributed by atoms with E-state index in [4.69, 9.17) is 9.47 Å². The van der Waals surface area contributed by atoms with Gasteiger partial charge in [0.25, 0.3) is 0 Å². The normalized spacial score (nSPS) is 32.8. The van der Waals surface area contributed by atoms with Crippen LogP contribution < -0.4 is 14.4 Å². The van der Waals surface area contributed by atoms with Crippen molar-refractivity contribution in [2.45, 2.75) is 24.0 Å². The predicted molar refractivity (Wildman–Crippen MR) is 89.1 cm³/mol. The van der Waals surface area contributed by atoms with Crippen molar-refractivity contribution >= 4 is 6.08 Å². The zero-order chi connectivity index (χ0) is 16.2. The Bertz CT molecular complexity index is 694. The highest BCUT2D eigenvalue weighted by Gasteiger charge is 2.59. The summed E-state index contributed by atoms with van der Waals surface area (Å²) in [6.07, 6.45) is 8.61. The number of benzene rings is 1. The Balaban J connectivity index is 1.93. The number of hydrogen-bond acceptors (Lipinski definition) is 3. The number of rotatable bonds is 4. The summed E-state index contributed by atoms with van der Waals surface area (Å²) in [5.41, 5.74) is 2.22. The molecular formula is C19H24NO3+. The molecule has 4 heteroatoms. The van der Waals surface area contributed by atoms with Crippen LogP contribution in [-0.2, 0) is 5.41 Å². The van der Waals surface area contributed by atoms with E-state index in [-0.39, 0.29) is 17.4 Å². The van der Waals surface area contributed by atoms with Gasteiger partial charge in [0.05, 0.1) is 33.2 Å². The van der Waals surface area contributed by atoms with Crippen molar-refractivity contribution in [2.75, 3.05) is 27.7 Å². The highest BCUT2D eigenvalue weighted by atomic mass is 16.5. The molecule has 0 amide bonds. The van der Waals surface area contributed by atoms with E-state index in [2.05, 4.69) is 38.4 Å². The minimum Gasteiger partial charge on any atom is -0.493 e. The molecule has 4 rings (SSSR count). The van der Waals surface area contributed by atoms with Crippen molar-refractivity contribution < 1.29 is 19.5 Å². The third-order valence-corrected chi connectivity index (χ3v) is 5.53. The molecule has 0 bridgehead atoms. The molecule has 3 aliphatic rings. The van der Waals surface area contributed by atoms with E-state index < -0.39 is 6.10 Å². The summed E-state index contributed by atoms with van der Waals surface area (Å²) in [5, 5.41) is 10.6. The number of aliphatic hydroxyl groups excluding tert-OH is 1. The van der Waals surface area contributed by atoms with E-state index in [1.165, 1.54) is 16.0 Å². The van der Waals surface area contributed by atoms with Crippen molar-refractivity contribution in [3.05, 3.63) is 41.5 Å². The summed E-state index contributed by atoms with van der Waals surface area (Å²) in [6.45, 7) is 1.03. The Morgan fingerprint density at radius 1 is 1.26 bits per heavy atom. The number of aliphatic hydroxyl groups is 1. The molecule has 1 aliphatic heterocycles. The van der Waals surface area contributed by atoms with Crippen LogP contribution in [0.1, 0.15) is 17.5 Å². The molecule has 0 fully saturated rings. The zero-order valence-corrected chi connectivity index (χ0v) is 13.9. The van der Waals surface area contributed by atoms with Gasteiger partial charge in [0.15, 0.2) is 11.5 Å². The van der Waals surface area contributed by atoms with E-state index in [0.717, 1.165) is 24.5 Å². The Morgan fingerprint density at radius 3 is 2.83 bits per heavy atom. The molecule has 23 heavy (non-hydrogen) atoms. The van der Waals surface area contributed by atoms with E-state index in [1.54, 1.807) is 7.11 Å². The number of ether oxygens (including phenoxy) is 2. The second-order valence-corrected chi connectivity index (χ2v) is 7.11. The van der Waals surface area contributed by atoms with Crippen LogP contribution in [-0.4, -0.2) is 45.1 Å². The standard InChI is InChI=1S/C19H23NO3/c1-20(2)11-10-19-13-6-4-12-5-9-15(22-3)17(16(12)19)23-18(19)14(21)8-7-13/h4-9,13-14,18,21H,10-11H2,1-3H3/p+1/t13-,14+,18+,19-/m0/s1. The number of allylic oxidation sites excluding steroid dienone is 2. The van der Waals surface area contributed by atoms with Gasteiger partial charge in [0.2, 0.25) is 0 Å². The molecule has 0 saturated heterocycles. The lowest BCUT2D eigenvalue weighted by molar-refractivity contribution is -0.859. The van der Waals surface area contributed by atoms with Gasteiger partial charge in [0.1, 0.15) is 12.2 Å². The Hall–Kier alpha value is -1.78. The van der Waals surface area contributed by atoms with Crippen molar-refractivity contribution in [3.8, 4) is 11.5 Å². The third-order valence-electron chi connectivity index (χ3n) is 5.53. The fourth-order valence-electron chi connectivity index (χ4n) is 4.42. The summed E-state index contributed by atoms with van der Waals surface area (Å²) in [6, 6.07) is 4.06. The second kappa shape index (κ2) is 5.11. The summed E-state index contributed by atoms with van der Waals surface area (Å²) >= 11 is 0. The fraction of sp³-hybridized carbons (Fsp3) is 0.474. The molecule has 0 saturated carbocycles. The van der Waals surface area contributed by atoms with E-state index in [0.29, 0.717) is 0 Å². The molecule has 0 radical (unpaired) electrons. The smallest absolute Gasteiger partial charge is 0.166 e. The van der Waals surface area contributed by atoms with Crippen LogP contribution in [0, 0.1) is 5.92 Å². The fourth-order valence-corrected chi connectivity index (χ4v) is 4.42. The molecule has 0 unspecified atom stereocenters. The van der Waals surface area contributed by atoms with Crippen molar-refractivity contribution in [2.24, 2.45) is 5.92 Å². The van der Waals surface area contributed by atoms with E-state index >= 15 is 0 Å². The molecule has 2 aliphatic carbocycles. The minimum atomic E-state index is -0.583. The number of nitrogens with one attached hydrogen (secondary N) is 1. The largest absolute Gasteiger partial charge is 0.493 e. The van der Waals surface area contributed by atoms with Gasteiger partial charge in [0, 0.05) is 17.9 Å². The van der Waals surface area contributed by atoms with Gasteiger partial charge < -0.3 is 19.5 Å². The lowest BCUT2D eigenvalue weighted by Gasteiger charge is -2.44. The van der Waals surface area contributed by atoms with Crippen LogP contribution in [0.15, 0.2) is 30.4 Å². The lowest BCUT2D eigenvalue weighted by atomic mass is 9.59. The Morgan fingerprint density at radius 2 is 2.09 bits per heavy atom. The molecular weight excluding hydrogens is 290 g/mol. The molecule has 4 atom stereocenters. The Kier molecular flexibility index (Phi) is 3.29. The highest BCUT2D eigenvalue weighted by Crippen LogP contribution is 2.59. The maximum absolute atomic E-state index is 10.6. The van der Waals surface area contributed by atoms with Gasteiger partial charge in [-0.3, -0.25) is 0 Å². The van der Waals surface area contributed by atoms with E-state index in [9.17, 15) is 5.11 Å². The van der Waals surface area contributed by atoms with Gasteiger partial charge in [-0.15, -0.1) is 0 Å². The van der Waals surface area contributed by atoms with Gasteiger partial charge in [-0.2, -0.15) is 0 Å². The van der Waals surface area contributed by atoms with Crippen LogP contribution in [0.2, 0.25) is 0 Å². The second-order valence-electron chi connectivity index (χ2n) is 7.11. The number of methoxy groups -OCH3 is 1. The Labute approximate surface area is 137 Å². The molecule has 4 nitrogen and oxygen atoms in total. The van der Waals surface area contributed by atoms with Crippen LogP contribution >= 0.6 is 0 Å². The predicted octanol–water partition coefficient (Wildman–Crippen LogP) is 0.802. The minimum absolute atomic E-state index is 0.195. The van der Waals surface area contributed by atoms with Crippen molar-refractivity contribution in [1.82, 2.24) is 0 Å².